The third-order valence-electron chi connectivity index (χ3n) is 4.97. The molecule has 0 bridgehead atoms. The lowest BCUT2D eigenvalue weighted by Gasteiger charge is -2.37. The van der Waals surface area contributed by atoms with E-state index in [2.05, 4.69) is 26.7 Å². The normalized spacial score (nSPS) is 23.7. The van der Waals surface area contributed by atoms with Gasteiger partial charge in [0.1, 0.15) is 0 Å². The number of piperazine rings is 1. The zero-order chi connectivity index (χ0) is 18.3. The number of aliphatic imine (C=N–C) groups is 2. The van der Waals surface area contributed by atoms with Crippen LogP contribution >= 0.6 is 0 Å². The first-order valence-corrected chi connectivity index (χ1v) is 10.3. The van der Waals surface area contributed by atoms with Crippen molar-refractivity contribution < 1.29 is 8.42 Å². The van der Waals surface area contributed by atoms with Crippen LogP contribution in [0.15, 0.2) is 51.5 Å². The molecule has 3 aliphatic heterocycles. The second-order valence-electron chi connectivity index (χ2n) is 6.86. The standard InChI is InChI=1S/C18H23N5O2S/c1-14-5-3-4-6-16(14)26(24,25)23-11-9-21(10-12-23)17-18-20-15(2)13-22(18)8-7-19-17/h3-8,15H,9-13H2,1-2H3. The van der Waals surface area contributed by atoms with Crippen LogP contribution in [0.25, 0.3) is 0 Å². The van der Waals surface area contributed by atoms with Crippen molar-refractivity contribution in [1.82, 2.24) is 14.1 Å². The van der Waals surface area contributed by atoms with E-state index in [1.807, 2.05) is 25.3 Å². The molecular weight excluding hydrogens is 350 g/mol. The van der Waals surface area contributed by atoms with Crippen molar-refractivity contribution in [2.75, 3.05) is 32.7 Å². The fourth-order valence-electron chi connectivity index (χ4n) is 3.60. The van der Waals surface area contributed by atoms with Crippen LogP contribution in [0.5, 0.6) is 0 Å². The third-order valence-corrected chi connectivity index (χ3v) is 7.03. The molecule has 1 fully saturated rings. The minimum atomic E-state index is -3.46. The number of fused-ring (bicyclic) bond motifs is 1. The van der Waals surface area contributed by atoms with Crippen molar-refractivity contribution in [2.24, 2.45) is 9.98 Å². The minimum Gasteiger partial charge on any atom is -0.351 e. The maximum absolute atomic E-state index is 13.0. The van der Waals surface area contributed by atoms with Gasteiger partial charge in [-0.25, -0.2) is 13.4 Å². The molecule has 1 unspecified atom stereocenters. The summed E-state index contributed by atoms with van der Waals surface area (Å²) in [7, 11) is -3.46. The lowest BCUT2D eigenvalue weighted by Crippen LogP contribution is -2.53. The maximum atomic E-state index is 13.0. The van der Waals surface area contributed by atoms with Gasteiger partial charge in [-0.3, -0.25) is 4.99 Å². The molecule has 3 heterocycles. The van der Waals surface area contributed by atoms with Crippen LogP contribution in [0.2, 0.25) is 0 Å². The van der Waals surface area contributed by atoms with Crippen LogP contribution in [0.1, 0.15) is 12.5 Å². The Morgan fingerprint density at radius 2 is 1.81 bits per heavy atom. The van der Waals surface area contributed by atoms with E-state index in [1.54, 1.807) is 22.6 Å². The molecule has 3 aliphatic rings. The van der Waals surface area contributed by atoms with Crippen LogP contribution in [0, 0.1) is 6.92 Å². The Bertz CT molecular complexity index is 898. The number of rotatable bonds is 2. The van der Waals surface area contributed by atoms with E-state index in [1.165, 1.54) is 0 Å². The summed E-state index contributed by atoms with van der Waals surface area (Å²) in [4.78, 5) is 13.8. The molecule has 0 aliphatic carbocycles. The van der Waals surface area contributed by atoms with Gasteiger partial charge in [0.05, 0.1) is 10.9 Å². The summed E-state index contributed by atoms with van der Waals surface area (Å²) in [6.07, 6.45) is 3.74. The lowest BCUT2D eigenvalue weighted by molar-refractivity contribution is 0.267. The average molecular weight is 373 g/mol. The third kappa shape index (κ3) is 2.93. The Morgan fingerprint density at radius 1 is 1.08 bits per heavy atom. The second-order valence-corrected chi connectivity index (χ2v) is 8.77. The van der Waals surface area contributed by atoms with Gasteiger partial charge in [0.25, 0.3) is 0 Å². The number of hydrogen-bond acceptors (Lipinski definition) is 6. The van der Waals surface area contributed by atoms with Crippen molar-refractivity contribution in [1.29, 1.82) is 0 Å². The molecule has 26 heavy (non-hydrogen) atoms. The van der Waals surface area contributed by atoms with Crippen LogP contribution < -0.4 is 0 Å². The van der Waals surface area contributed by atoms with Crippen molar-refractivity contribution in [2.45, 2.75) is 24.8 Å². The summed E-state index contributed by atoms with van der Waals surface area (Å²) in [6, 6.07) is 7.39. The van der Waals surface area contributed by atoms with E-state index < -0.39 is 10.0 Å². The highest BCUT2D eigenvalue weighted by molar-refractivity contribution is 7.89. The van der Waals surface area contributed by atoms with Gasteiger partial charge in [-0.2, -0.15) is 4.31 Å². The minimum absolute atomic E-state index is 0.251. The van der Waals surface area contributed by atoms with Gasteiger partial charge in [0.2, 0.25) is 10.0 Å². The van der Waals surface area contributed by atoms with Gasteiger partial charge >= 0.3 is 0 Å². The topological polar surface area (TPSA) is 68.6 Å². The Kier molecular flexibility index (Phi) is 4.32. The van der Waals surface area contributed by atoms with Crippen molar-refractivity contribution >= 4 is 21.7 Å². The molecule has 0 radical (unpaired) electrons. The number of aryl methyl sites for hydroxylation is 1. The number of hydrogen-bond donors (Lipinski definition) is 0. The summed E-state index contributed by atoms with van der Waals surface area (Å²) in [6.45, 7) is 6.90. The van der Waals surface area contributed by atoms with Gasteiger partial charge in [-0.05, 0) is 25.5 Å². The number of sulfonamides is 1. The molecule has 0 spiro atoms. The molecule has 0 aromatic heterocycles. The van der Waals surface area contributed by atoms with E-state index in [0.29, 0.717) is 31.1 Å². The predicted molar refractivity (Wildman–Crippen MR) is 102 cm³/mol. The smallest absolute Gasteiger partial charge is 0.243 e. The zero-order valence-corrected chi connectivity index (χ0v) is 15.9. The first-order chi connectivity index (χ1) is 12.5. The predicted octanol–water partition coefficient (Wildman–Crippen LogP) is 1.29. The van der Waals surface area contributed by atoms with Gasteiger partial charge < -0.3 is 9.80 Å². The zero-order valence-electron chi connectivity index (χ0n) is 15.0. The lowest BCUT2D eigenvalue weighted by atomic mass is 10.2. The van der Waals surface area contributed by atoms with Gasteiger partial charge in [0.15, 0.2) is 11.7 Å². The van der Waals surface area contributed by atoms with E-state index >= 15 is 0 Å². The van der Waals surface area contributed by atoms with Gasteiger partial charge in [0, 0.05) is 45.1 Å². The van der Waals surface area contributed by atoms with Crippen molar-refractivity contribution in [3.63, 3.8) is 0 Å². The monoisotopic (exact) mass is 373 g/mol. The van der Waals surface area contributed by atoms with Crippen LogP contribution in [-0.2, 0) is 10.0 Å². The molecule has 7 nitrogen and oxygen atoms in total. The molecule has 1 aromatic carbocycles. The average Bonchev–Trinajstić information content (AvgIpc) is 3.02. The van der Waals surface area contributed by atoms with E-state index in [0.717, 1.165) is 23.8 Å². The molecule has 0 amide bonds. The van der Waals surface area contributed by atoms with Crippen LogP contribution in [0.3, 0.4) is 0 Å². The molecular formula is C18H23N5O2S. The highest BCUT2D eigenvalue weighted by atomic mass is 32.2. The number of nitrogens with zero attached hydrogens (tertiary/aromatic N) is 5. The summed E-state index contributed by atoms with van der Waals surface area (Å²) in [5.41, 5.74) is 0.779. The SMILES string of the molecule is Cc1ccccc1S(=O)(=O)N1CCN(C2=NC=CN3CC(C)N=C23)CC1. The maximum Gasteiger partial charge on any atom is 0.243 e. The van der Waals surface area contributed by atoms with E-state index in [9.17, 15) is 8.42 Å². The second kappa shape index (κ2) is 6.51. The van der Waals surface area contributed by atoms with Crippen LogP contribution in [-0.4, -0.2) is 73.0 Å². The molecule has 1 saturated heterocycles. The summed E-state index contributed by atoms with van der Waals surface area (Å²) >= 11 is 0. The first kappa shape index (κ1) is 17.2. The first-order valence-electron chi connectivity index (χ1n) is 8.87. The molecule has 138 valence electrons. The summed E-state index contributed by atoms with van der Waals surface area (Å²) < 4.78 is 27.5. The van der Waals surface area contributed by atoms with Gasteiger partial charge in [-0.1, -0.05) is 18.2 Å². The van der Waals surface area contributed by atoms with E-state index in [-0.39, 0.29) is 6.04 Å². The van der Waals surface area contributed by atoms with Gasteiger partial charge in [-0.15, -0.1) is 0 Å². The Balaban J connectivity index is 1.50. The molecule has 4 rings (SSSR count). The Hall–Kier alpha value is -2.19. The summed E-state index contributed by atoms with van der Waals surface area (Å²) in [5, 5.41) is 0. The Labute approximate surface area is 154 Å². The molecule has 0 N–H and O–H groups in total. The quantitative estimate of drug-likeness (QED) is 0.783. The molecule has 1 atom stereocenters. The summed E-state index contributed by atoms with van der Waals surface area (Å²) in [5.74, 6) is 1.75. The molecule has 1 aromatic rings. The number of amidine groups is 2. The largest absolute Gasteiger partial charge is 0.351 e. The fraction of sp³-hybridized carbons (Fsp3) is 0.444. The number of benzene rings is 1. The molecule has 0 saturated carbocycles. The van der Waals surface area contributed by atoms with Crippen molar-refractivity contribution in [3.8, 4) is 0 Å². The highest BCUT2D eigenvalue weighted by Gasteiger charge is 2.34. The van der Waals surface area contributed by atoms with Crippen LogP contribution in [0.4, 0.5) is 0 Å². The highest BCUT2D eigenvalue weighted by Crippen LogP contribution is 2.22. The molecule has 8 heteroatoms. The van der Waals surface area contributed by atoms with E-state index in [4.69, 9.17) is 0 Å². The van der Waals surface area contributed by atoms with Crippen molar-refractivity contribution in [3.05, 3.63) is 42.2 Å². The fourth-order valence-corrected chi connectivity index (χ4v) is 5.25. The Morgan fingerprint density at radius 3 is 2.54 bits per heavy atom.